The average Bonchev–Trinajstić information content (AvgIpc) is 2.69. The second-order valence-corrected chi connectivity index (χ2v) is 5.58. The third-order valence-electron chi connectivity index (χ3n) is 3.19. The molecule has 0 bridgehead atoms. The molecule has 0 aliphatic carbocycles. The van der Waals surface area contributed by atoms with Crippen molar-refractivity contribution in [3.8, 4) is 0 Å². The Kier molecular flexibility index (Phi) is 2.59. The molecular formula is C12H21N3. The van der Waals surface area contributed by atoms with Crippen LogP contribution in [0.2, 0.25) is 0 Å². The Morgan fingerprint density at radius 2 is 2.20 bits per heavy atom. The second kappa shape index (κ2) is 3.63. The minimum absolute atomic E-state index is 0.120. The number of nitrogens with one attached hydrogen (secondary N) is 1. The molecule has 0 aromatic carbocycles. The van der Waals surface area contributed by atoms with Crippen LogP contribution in [0.5, 0.6) is 0 Å². The number of likely N-dealkylation sites (tertiary alicyclic amines) is 1. The van der Waals surface area contributed by atoms with Crippen LogP contribution >= 0.6 is 0 Å². The van der Waals surface area contributed by atoms with Gasteiger partial charge in [-0.15, -0.1) is 0 Å². The summed E-state index contributed by atoms with van der Waals surface area (Å²) < 4.78 is 0. The average molecular weight is 207 g/mol. The number of aromatic amines is 1. The summed E-state index contributed by atoms with van der Waals surface area (Å²) in [4.78, 5) is 10.4. The highest BCUT2D eigenvalue weighted by Crippen LogP contribution is 2.30. The lowest BCUT2D eigenvalue weighted by Gasteiger charge is -2.18. The molecule has 1 aliphatic heterocycles. The summed E-state index contributed by atoms with van der Waals surface area (Å²) >= 11 is 0. The lowest BCUT2D eigenvalue weighted by Crippen LogP contribution is -2.18. The summed E-state index contributed by atoms with van der Waals surface area (Å²) in [5, 5.41) is 0. The van der Waals surface area contributed by atoms with Crippen LogP contribution in [-0.4, -0.2) is 28.5 Å². The van der Waals surface area contributed by atoms with Crippen molar-refractivity contribution in [2.45, 2.75) is 45.1 Å². The van der Waals surface area contributed by atoms with Gasteiger partial charge in [-0.25, -0.2) is 4.98 Å². The SMILES string of the molecule is CN1CCCC1c1cnc(C(C)(C)C)[nH]1. The predicted molar refractivity (Wildman–Crippen MR) is 61.9 cm³/mol. The van der Waals surface area contributed by atoms with E-state index >= 15 is 0 Å². The van der Waals surface area contributed by atoms with Crippen molar-refractivity contribution in [1.82, 2.24) is 14.9 Å². The van der Waals surface area contributed by atoms with E-state index in [0.717, 1.165) is 5.82 Å². The van der Waals surface area contributed by atoms with E-state index in [1.807, 2.05) is 6.20 Å². The zero-order chi connectivity index (χ0) is 11.1. The molecule has 3 nitrogen and oxygen atoms in total. The Labute approximate surface area is 91.9 Å². The maximum absolute atomic E-state index is 4.48. The first-order valence-corrected chi connectivity index (χ1v) is 5.74. The molecule has 0 radical (unpaired) electrons. The van der Waals surface area contributed by atoms with Crippen molar-refractivity contribution in [2.24, 2.45) is 0 Å². The second-order valence-electron chi connectivity index (χ2n) is 5.58. The van der Waals surface area contributed by atoms with Gasteiger partial charge in [0.15, 0.2) is 0 Å². The number of hydrogen-bond acceptors (Lipinski definition) is 2. The topological polar surface area (TPSA) is 31.9 Å². The number of nitrogens with zero attached hydrogens (tertiary/aromatic N) is 2. The third kappa shape index (κ3) is 2.07. The van der Waals surface area contributed by atoms with Crippen molar-refractivity contribution in [2.75, 3.05) is 13.6 Å². The fourth-order valence-corrected chi connectivity index (χ4v) is 2.19. The fraction of sp³-hybridized carbons (Fsp3) is 0.750. The lowest BCUT2D eigenvalue weighted by atomic mass is 9.96. The van der Waals surface area contributed by atoms with Gasteiger partial charge < -0.3 is 4.98 Å². The minimum atomic E-state index is 0.120. The number of hydrogen-bond donors (Lipinski definition) is 1. The molecule has 0 amide bonds. The van der Waals surface area contributed by atoms with Gasteiger partial charge in [0.05, 0.1) is 11.7 Å². The third-order valence-corrected chi connectivity index (χ3v) is 3.19. The molecule has 1 N–H and O–H groups in total. The van der Waals surface area contributed by atoms with E-state index < -0.39 is 0 Å². The number of imidazole rings is 1. The van der Waals surface area contributed by atoms with Crippen molar-refractivity contribution >= 4 is 0 Å². The van der Waals surface area contributed by atoms with Gasteiger partial charge >= 0.3 is 0 Å². The number of H-pyrrole nitrogens is 1. The quantitative estimate of drug-likeness (QED) is 0.767. The van der Waals surface area contributed by atoms with Gasteiger partial charge in [0, 0.05) is 11.6 Å². The Hall–Kier alpha value is -0.830. The first-order chi connectivity index (χ1) is 6.98. The summed E-state index contributed by atoms with van der Waals surface area (Å²) in [5.41, 5.74) is 1.40. The summed E-state index contributed by atoms with van der Waals surface area (Å²) in [5.74, 6) is 1.10. The largest absolute Gasteiger partial charge is 0.344 e. The van der Waals surface area contributed by atoms with Gasteiger partial charge in [0.25, 0.3) is 0 Å². The van der Waals surface area contributed by atoms with Crippen molar-refractivity contribution in [1.29, 1.82) is 0 Å². The van der Waals surface area contributed by atoms with Gasteiger partial charge in [-0.3, -0.25) is 4.90 Å². The van der Waals surface area contributed by atoms with Gasteiger partial charge in [0.2, 0.25) is 0 Å². The van der Waals surface area contributed by atoms with E-state index in [0.29, 0.717) is 6.04 Å². The maximum Gasteiger partial charge on any atom is 0.111 e. The monoisotopic (exact) mass is 207 g/mol. The molecular weight excluding hydrogens is 186 g/mol. The van der Waals surface area contributed by atoms with Crippen LogP contribution in [0, 0.1) is 0 Å². The highest BCUT2D eigenvalue weighted by atomic mass is 15.2. The summed E-state index contributed by atoms with van der Waals surface area (Å²) in [6, 6.07) is 0.550. The minimum Gasteiger partial charge on any atom is -0.344 e. The highest BCUT2D eigenvalue weighted by Gasteiger charge is 2.26. The van der Waals surface area contributed by atoms with Gasteiger partial charge in [-0.2, -0.15) is 0 Å². The van der Waals surface area contributed by atoms with Crippen LogP contribution in [-0.2, 0) is 5.41 Å². The van der Waals surface area contributed by atoms with E-state index in [4.69, 9.17) is 0 Å². The Morgan fingerprint density at radius 1 is 1.47 bits per heavy atom. The molecule has 1 atom stereocenters. The molecule has 1 aromatic heterocycles. The maximum atomic E-state index is 4.48. The normalized spacial score (nSPS) is 23.6. The molecule has 3 heteroatoms. The molecule has 84 valence electrons. The molecule has 1 aliphatic rings. The van der Waals surface area contributed by atoms with Crippen LogP contribution in [0.15, 0.2) is 6.20 Å². The van der Waals surface area contributed by atoms with Crippen LogP contribution in [0.3, 0.4) is 0 Å². The van der Waals surface area contributed by atoms with Crippen LogP contribution in [0.25, 0.3) is 0 Å². The zero-order valence-corrected chi connectivity index (χ0v) is 10.2. The Bertz CT molecular complexity index is 335. The summed E-state index contributed by atoms with van der Waals surface area (Å²) in [6.07, 6.45) is 4.56. The molecule has 15 heavy (non-hydrogen) atoms. The lowest BCUT2D eigenvalue weighted by molar-refractivity contribution is 0.312. The first kappa shape index (κ1) is 10.7. The Balaban J connectivity index is 2.20. The van der Waals surface area contributed by atoms with E-state index in [1.54, 1.807) is 0 Å². The van der Waals surface area contributed by atoms with Crippen molar-refractivity contribution in [3.05, 3.63) is 17.7 Å². The Morgan fingerprint density at radius 3 is 2.67 bits per heavy atom. The van der Waals surface area contributed by atoms with Crippen LogP contribution < -0.4 is 0 Å². The van der Waals surface area contributed by atoms with E-state index in [-0.39, 0.29) is 5.41 Å². The van der Waals surface area contributed by atoms with E-state index in [1.165, 1.54) is 25.1 Å². The molecule has 1 unspecified atom stereocenters. The van der Waals surface area contributed by atoms with E-state index in [2.05, 4.69) is 42.7 Å². The van der Waals surface area contributed by atoms with Crippen molar-refractivity contribution in [3.63, 3.8) is 0 Å². The van der Waals surface area contributed by atoms with Crippen molar-refractivity contribution < 1.29 is 0 Å². The van der Waals surface area contributed by atoms with E-state index in [9.17, 15) is 0 Å². The number of aromatic nitrogens is 2. The highest BCUT2D eigenvalue weighted by molar-refractivity contribution is 5.13. The molecule has 0 spiro atoms. The van der Waals surface area contributed by atoms with Crippen LogP contribution in [0.4, 0.5) is 0 Å². The molecule has 1 aromatic rings. The fourth-order valence-electron chi connectivity index (χ4n) is 2.19. The van der Waals surface area contributed by atoms with Gasteiger partial charge in [-0.05, 0) is 26.4 Å². The summed E-state index contributed by atoms with van der Waals surface area (Å²) in [6.45, 7) is 7.77. The molecule has 0 saturated carbocycles. The standard InChI is InChI=1S/C12H21N3/c1-12(2,3)11-13-8-9(14-11)10-6-5-7-15(10)4/h8,10H,5-7H2,1-4H3,(H,13,14). The zero-order valence-electron chi connectivity index (χ0n) is 10.2. The molecule has 2 heterocycles. The molecule has 2 rings (SSSR count). The molecule has 1 fully saturated rings. The molecule has 1 saturated heterocycles. The van der Waals surface area contributed by atoms with Crippen LogP contribution in [0.1, 0.15) is 51.2 Å². The smallest absolute Gasteiger partial charge is 0.111 e. The number of rotatable bonds is 1. The first-order valence-electron chi connectivity index (χ1n) is 5.74. The predicted octanol–water partition coefficient (Wildman–Crippen LogP) is 2.47. The van der Waals surface area contributed by atoms with Gasteiger partial charge in [0.1, 0.15) is 5.82 Å². The van der Waals surface area contributed by atoms with Gasteiger partial charge in [-0.1, -0.05) is 20.8 Å². The summed E-state index contributed by atoms with van der Waals surface area (Å²) in [7, 11) is 2.19.